The summed E-state index contributed by atoms with van der Waals surface area (Å²) in [6, 6.07) is 17.4. The van der Waals surface area contributed by atoms with Gasteiger partial charge in [-0.2, -0.15) is 5.26 Å². The van der Waals surface area contributed by atoms with Crippen LogP contribution in [0.3, 0.4) is 0 Å². The average Bonchev–Trinajstić information content (AvgIpc) is 3.63. The number of carbonyl (C=O) groups is 1. The van der Waals surface area contributed by atoms with Crippen LogP contribution in [0.15, 0.2) is 59.3 Å². The van der Waals surface area contributed by atoms with Crippen LogP contribution >= 0.6 is 0 Å². The number of hydrogen-bond donors (Lipinski definition) is 0. The second-order valence-electron chi connectivity index (χ2n) is 11.2. The summed E-state index contributed by atoms with van der Waals surface area (Å²) >= 11 is 0. The van der Waals surface area contributed by atoms with Gasteiger partial charge in [0.1, 0.15) is 5.60 Å². The number of imidazole rings is 1. The van der Waals surface area contributed by atoms with Gasteiger partial charge in [-0.05, 0) is 75.8 Å². The second-order valence-corrected chi connectivity index (χ2v) is 11.2. The number of hydrogen-bond acceptors (Lipinski definition) is 7. The lowest BCUT2D eigenvalue weighted by Gasteiger charge is -2.36. The first-order valence-electron chi connectivity index (χ1n) is 13.1. The van der Waals surface area contributed by atoms with E-state index in [0.717, 1.165) is 48.8 Å². The maximum atomic E-state index is 13.0. The minimum atomic E-state index is -0.535. The standard InChI is InChI=1S/C29H30N6O3/c1-28(2,26-33-32-25(37-26)22-8-4-3-5-9-22)17-35-18-29(38-27(35)36)12-6-7-21(14-29)16-34-19-31-23-11-10-20(15-30)13-24(23)34/h3-5,8-11,13,19,21H,6-7,12,14,16-18H2,1-2H3/t21-,29-/m0/s1. The van der Waals surface area contributed by atoms with Crippen LogP contribution in [0.1, 0.15) is 51.0 Å². The quantitative estimate of drug-likeness (QED) is 0.345. The van der Waals surface area contributed by atoms with E-state index in [9.17, 15) is 10.1 Å². The number of aromatic nitrogens is 4. The van der Waals surface area contributed by atoms with Gasteiger partial charge in [0, 0.05) is 18.7 Å². The molecule has 1 amide bonds. The minimum absolute atomic E-state index is 0.284. The van der Waals surface area contributed by atoms with Gasteiger partial charge < -0.3 is 18.6 Å². The molecule has 2 aliphatic rings. The number of amides is 1. The zero-order valence-electron chi connectivity index (χ0n) is 21.6. The fraction of sp³-hybridized carbons (Fsp3) is 0.414. The van der Waals surface area contributed by atoms with Crippen LogP contribution in [0, 0.1) is 17.2 Å². The summed E-state index contributed by atoms with van der Waals surface area (Å²) < 4.78 is 14.2. The van der Waals surface area contributed by atoms with E-state index < -0.39 is 11.0 Å². The summed E-state index contributed by atoms with van der Waals surface area (Å²) in [6.07, 6.45) is 5.27. The van der Waals surface area contributed by atoms with E-state index in [1.54, 1.807) is 11.0 Å². The van der Waals surface area contributed by atoms with Crippen LogP contribution in [0.2, 0.25) is 0 Å². The Kier molecular flexibility index (Phi) is 5.90. The van der Waals surface area contributed by atoms with Gasteiger partial charge in [-0.25, -0.2) is 9.78 Å². The highest BCUT2D eigenvalue weighted by Gasteiger charge is 2.49. The van der Waals surface area contributed by atoms with Gasteiger partial charge in [0.15, 0.2) is 0 Å². The van der Waals surface area contributed by atoms with E-state index in [-0.39, 0.29) is 6.09 Å². The summed E-state index contributed by atoms with van der Waals surface area (Å²) in [6.45, 7) is 5.78. The molecular weight excluding hydrogens is 480 g/mol. The fourth-order valence-electron chi connectivity index (χ4n) is 5.94. The molecule has 9 nitrogen and oxygen atoms in total. The fourth-order valence-corrected chi connectivity index (χ4v) is 5.94. The average molecular weight is 511 g/mol. The lowest BCUT2D eigenvalue weighted by molar-refractivity contribution is 0.00413. The van der Waals surface area contributed by atoms with Gasteiger partial charge >= 0.3 is 6.09 Å². The van der Waals surface area contributed by atoms with Crippen molar-refractivity contribution in [1.29, 1.82) is 5.26 Å². The Hall–Kier alpha value is -4.19. The van der Waals surface area contributed by atoms with E-state index in [2.05, 4.69) is 25.8 Å². The SMILES string of the molecule is CC(C)(CN1C[C@@]2(CCC[C@H](Cn3cnc4ccc(C#N)cc43)C2)OC1=O)c1nnc(-c2ccccc2)o1. The van der Waals surface area contributed by atoms with Crippen molar-refractivity contribution in [2.75, 3.05) is 13.1 Å². The van der Waals surface area contributed by atoms with Crippen LogP contribution in [0.5, 0.6) is 0 Å². The van der Waals surface area contributed by atoms with Gasteiger partial charge in [-0.1, -0.05) is 18.2 Å². The minimum Gasteiger partial charge on any atom is -0.441 e. The van der Waals surface area contributed by atoms with Gasteiger partial charge in [-0.15, -0.1) is 10.2 Å². The highest BCUT2D eigenvalue weighted by Crippen LogP contribution is 2.41. The van der Waals surface area contributed by atoms with Crippen LogP contribution in [0.4, 0.5) is 4.79 Å². The lowest BCUT2D eigenvalue weighted by Crippen LogP contribution is -2.43. The number of ether oxygens (including phenoxy) is 1. The monoisotopic (exact) mass is 510 g/mol. The van der Waals surface area contributed by atoms with Crippen molar-refractivity contribution >= 4 is 17.1 Å². The number of nitrogens with zero attached hydrogens (tertiary/aromatic N) is 6. The highest BCUT2D eigenvalue weighted by atomic mass is 16.6. The predicted octanol–water partition coefficient (Wildman–Crippen LogP) is 5.32. The number of nitriles is 1. The zero-order valence-corrected chi connectivity index (χ0v) is 21.6. The van der Waals surface area contributed by atoms with Gasteiger partial charge in [-0.3, -0.25) is 0 Å². The summed E-state index contributed by atoms with van der Waals surface area (Å²) in [5.41, 5.74) is 2.31. The number of carbonyl (C=O) groups excluding carboxylic acids is 1. The number of fused-ring (bicyclic) bond motifs is 1. The second kappa shape index (κ2) is 9.28. The van der Waals surface area contributed by atoms with Crippen LogP contribution < -0.4 is 0 Å². The Balaban J connectivity index is 1.14. The molecule has 0 bridgehead atoms. The number of benzene rings is 2. The van der Waals surface area contributed by atoms with Crippen molar-refractivity contribution in [2.24, 2.45) is 5.92 Å². The summed E-state index contributed by atoms with van der Waals surface area (Å²) in [5, 5.41) is 17.8. The molecule has 194 valence electrons. The van der Waals surface area contributed by atoms with Gasteiger partial charge in [0.2, 0.25) is 11.8 Å². The molecule has 1 spiro atoms. The highest BCUT2D eigenvalue weighted by molar-refractivity contribution is 5.77. The third-order valence-electron chi connectivity index (χ3n) is 7.76. The van der Waals surface area contributed by atoms with E-state index >= 15 is 0 Å². The maximum absolute atomic E-state index is 13.0. The van der Waals surface area contributed by atoms with E-state index in [1.807, 2.05) is 62.6 Å². The Morgan fingerprint density at radius 1 is 1.18 bits per heavy atom. The van der Waals surface area contributed by atoms with Crippen molar-refractivity contribution in [2.45, 2.75) is 57.1 Å². The molecule has 0 radical (unpaired) electrons. The molecule has 4 aromatic rings. The van der Waals surface area contributed by atoms with Crippen LogP contribution in [-0.4, -0.2) is 49.4 Å². The van der Waals surface area contributed by atoms with Gasteiger partial charge in [0.05, 0.1) is 41.0 Å². The Morgan fingerprint density at radius 2 is 2.03 bits per heavy atom. The molecule has 2 aromatic heterocycles. The maximum Gasteiger partial charge on any atom is 0.410 e. The first-order valence-corrected chi connectivity index (χ1v) is 13.1. The molecule has 1 saturated heterocycles. The molecule has 1 saturated carbocycles. The van der Waals surface area contributed by atoms with Crippen molar-refractivity contribution in [3.63, 3.8) is 0 Å². The number of rotatable bonds is 6. The molecule has 6 rings (SSSR count). The molecule has 0 unspecified atom stereocenters. The van der Waals surface area contributed by atoms with E-state index in [1.165, 1.54) is 0 Å². The molecule has 2 atom stereocenters. The molecule has 1 aliphatic carbocycles. The van der Waals surface area contributed by atoms with Crippen molar-refractivity contribution in [3.05, 3.63) is 66.3 Å². The smallest absolute Gasteiger partial charge is 0.410 e. The first-order chi connectivity index (χ1) is 18.3. The molecular formula is C29H30N6O3. The summed E-state index contributed by atoms with van der Waals surface area (Å²) in [7, 11) is 0. The first kappa shape index (κ1) is 24.2. The predicted molar refractivity (Wildman–Crippen MR) is 140 cm³/mol. The molecule has 2 fully saturated rings. The molecule has 3 heterocycles. The van der Waals surface area contributed by atoms with E-state index in [0.29, 0.717) is 36.4 Å². The van der Waals surface area contributed by atoms with Crippen molar-refractivity contribution < 1.29 is 13.9 Å². The third-order valence-corrected chi connectivity index (χ3v) is 7.76. The van der Waals surface area contributed by atoms with E-state index in [4.69, 9.17) is 9.15 Å². The molecule has 0 N–H and O–H groups in total. The Labute approximate surface area is 221 Å². The third kappa shape index (κ3) is 4.51. The molecule has 9 heteroatoms. The van der Waals surface area contributed by atoms with Crippen LogP contribution in [0.25, 0.3) is 22.5 Å². The van der Waals surface area contributed by atoms with Crippen molar-refractivity contribution in [3.8, 4) is 17.5 Å². The van der Waals surface area contributed by atoms with Crippen LogP contribution in [-0.2, 0) is 16.7 Å². The Bertz CT molecular complexity index is 1520. The largest absolute Gasteiger partial charge is 0.441 e. The Morgan fingerprint density at radius 3 is 2.84 bits per heavy atom. The normalized spacial score (nSPS) is 21.7. The van der Waals surface area contributed by atoms with Gasteiger partial charge in [0.25, 0.3) is 0 Å². The van der Waals surface area contributed by atoms with Crippen molar-refractivity contribution in [1.82, 2.24) is 24.6 Å². The molecule has 2 aromatic carbocycles. The molecule has 1 aliphatic heterocycles. The lowest BCUT2D eigenvalue weighted by atomic mass is 9.77. The summed E-state index contributed by atoms with van der Waals surface area (Å²) in [4.78, 5) is 19.3. The summed E-state index contributed by atoms with van der Waals surface area (Å²) in [5.74, 6) is 1.31. The molecule has 38 heavy (non-hydrogen) atoms. The topological polar surface area (TPSA) is 110 Å². The zero-order chi connectivity index (χ0) is 26.3.